The minimum Gasteiger partial charge on any atom is -0.481 e. The quantitative estimate of drug-likeness (QED) is 0.468. The van der Waals surface area contributed by atoms with Crippen molar-refractivity contribution in [2.24, 2.45) is 24.8 Å². The van der Waals surface area contributed by atoms with Crippen molar-refractivity contribution in [2.45, 2.75) is 19.5 Å². The number of halogens is 5. The van der Waals surface area contributed by atoms with Crippen molar-refractivity contribution in [3.05, 3.63) is 68.3 Å². The Kier molecular flexibility index (Phi) is 5.60. The normalized spacial score (nSPS) is 21.5. The maximum Gasteiger partial charge on any atom is 0.416 e. The van der Waals surface area contributed by atoms with Gasteiger partial charge in [0.15, 0.2) is 0 Å². The SMILES string of the molecule is Cc1cc(C(F)(F)F)cc2c1c(Cc1c(Cl)ccc(C(=O)N3CC4C(C(=O)O)[C@H]4C3)c1Cl)cn2C. The van der Waals surface area contributed by atoms with Gasteiger partial charge in [-0.1, -0.05) is 23.2 Å². The topological polar surface area (TPSA) is 62.5 Å². The van der Waals surface area contributed by atoms with Gasteiger partial charge < -0.3 is 14.6 Å². The number of aliphatic carboxylic acids is 1. The van der Waals surface area contributed by atoms with Gasteiger partial charge in [-0.05, 0) is 59.7 Å². The van der Waals surface area contributed by atoms with Crippen LogP contribution in [0.25, 0.3) is 10.9 Å². The first-order chi connectivity index (χ1) is 16.4. The molecule has 1 aromatic heterocycles. The van der Waals surface area contributed by atoms with E-state index >= 15 is 0 Å². The molecular formula is C25H21Cl2F3N2O3. The van der Waals surface area contributed by atoms with Gasteiger partial charge >= 0.3 is 12.1 Å². The summed E-state index contributed by atoms with van der Waals surface area (Å²) in [7, 11) is 1.68. The molecule has 2 aliphatic rings. The van der Waals surface area contributed by atoms with Crippen molar-refractivity contribution in [3.8, 4) is 0 Å². The number of aryl methyl sites for hydroxylation is 2. The molecule has 0 spiro atoms. The fraction of sp³-hybridized carbons (Fsp3) is 0.360. The Labute approximate surface area is 209 Å². The number of carbonyl (C=O) groups excluding carboxylic acids is 1. The number of piperidine rings is 1. The monoisotopic (exact) mass is 524 g/mol. The van der Waals surface area contributed by atoms with Gasteiger partial charge in [-0.2, -0.15) is 13.2 Å². The predicted octanol–water partition coefficient (Wildman–Crippen LogP) is 5.81. The Morgan fingerprint density at radius 3 is 2.40 bits per heavy atom. The summed E-state index contributed by atoms with van der Waals surface area (Å²) in [6.45, 7) is 2.38. The van der Waals surface area contributed by atoms with Crippen LogP contribution in [0, 0.1) is 24.7 Å². The maximum absolute atomic E-state index is 13.3. The molecule has 1 saturated carbocycles. The van der Waals surface area contributed by atoms with Crippen LogP contribution >= 0.6 is 23.2 Å². The van der Waals surface area contributed by atoms with Gasteiger partial charge in [0.1, 0.15) is 0 Å². The van der Waals surface area contributed by atoms with Crippen LogP contribution in [0.15, 0.2) is 30.5 Å². The summed E-state index contributed by atoms with van der Waals surface area (Å²) in [5.74, 6) is -1.55. The number of nitrogens with zero attached hydrogens (tertiary/aromatic N) is 2. The van der Waals surface area contributed by atoms with Crippen LogP contribution in [0.1, 0.15) is 32.6 Å². The molecular weight excluding hydrogens is 504 g/mol. The first kappa shape index (κ1) is 24.0. The number of aromatic nitrogens is 1. The highest BCUT2D eigenvalue weighted by Crippen LogP contribution is 2.52. The molecule has 2 fully saturated rings. The van der Waals surface area contributed by atoms with Crippen LogP contribution in [-0.2, 0) is 24.4 Å². The van der Waals surface area contributed by atoms with E-state index in [-0.39, 0.29) is 40.7 Å². The Balaban J connectivity index is 1.47. The number of rotatable bonds is 4. The van der Waals surface area contributed by atoms with Gasteiger partial charge in [0.05, 0.1) is 22.1 Å². The van der Waals surface area contributed by atoms with E-state index in [2.05, 4.69) is 0 Å². The number of hydrogen-bond donors (Lipinski definition) is 1. The molecule has 184 valence electrons. The number of likely N-dealkylation sites (tertiary alicyclic amines) is 1. The smallest absolute Gasteiger partial charge is 0.416 e. The van der Waals surface area contributed by atoms with Gasteiger partial charge in [0, 0.05) is 48.7 Å². The molecule has 5 rings (SSSR count). The van der Waals surface area contributed by atoms with E-state index in [1.807, 2.05) is 0 Å². The number of alkyl halides is 3. The highest BCUT2D eigenvalue weighted by Gasteiger charge is 2.60. The maximum atomic E-state index is 13.3. The van der Waals surface area contributed by atoms with Gasteiger partial charge in [0.25, 0.3) is 5.91 Å². The van der Waals surface area contributed by atoms with Gasteiger partial charge in [-0.15, -0.1) is 0 Å². The third kappa shape index (κ3) is 3.96. The molecule has 1 aliphatic heterocycles. The molecule has 3 aromatic rings. The largest absolute Gasteiger partial charge is 0.481 e. The molecule has 1 amide bonds. The summed E-state index contributed by atoms with van der Waals surface area (Å²) in [5.41, 5.74) is 1.74. The van der Waals surface area contributed by atoms with Crippen LogP contribution in [0.5, 0.6) is 0 Å². The molecule has 1 aliphatic carbocycles. The molecule has 1 saturated heterocycles. The molecule has 0 radical (unpaired) electrons. The third-order valence-corrected chi connectivity index (χ3v) is 8.03. The van der Waals surface area contributed by atoms with E-state index in [4.69, 9.17) is 23.2 Å². The zero-order chi connectivity index (χ0) is 25.4. The van der Waals surface area contributed by atoms with Crippen LogP contribution in [0.3, 0.4) is 0 Å². The van der Waals surface area contributed by atoms with Crippen molar-refractivity contribution in [1.82, 2.24) is 9.47 Å². The van der Waals surface area contributed by atoms with E-state index in [1.165, 1.54) is 0 Å². The van der Waals surface area contributed by atoms with E-state index in [1.54, 1.807) is 41.8 Å². The molecule has 10 heteroatoms. The number of carboxylic acids is 1. The zero-order valence-corrected chi connectivity index (χ0v) is 20.3. The van der Waals surface area contributed by atoms with Crippen molar-refractivity contribution < 1.29 is 27.9 Å². The number of benzene rings is 2. The summed E-state index contributed by atoms with van der Waals surface area (Å²) >= 11 is 13.1. The number of carboxylic acid groups (broad SMARTS) is 1. The van der Waals surface area contributed by atoms with E-state index in [0.717, 1.165) is 17.7 Å². The number of fused-ring (bicyclic) bond motifs is 2. The van der Waals surface area contributed by atoms with Gasteiger partial charge in [0.2, 0.25) is 0 Å². The highest BCUT2D eigenvalue weighted by atomic mass is 35.5. The minimum absolute atomic E-state index is 0.0257. The fourth-order valence-corrected chi connectivity index (χ4v) is 6.06. The number of hydrogen-bond acceptors (Lipinski definition) is 2. The second-order valence-electron chi connectivity index (χ2n) is 9.42. The van der Waals surface area contributed by atoms with Gasteiger partial charge in [-0.3, -0.25) is 9.59 Å². The molecule has 2 heterocycles. The van der Waals surface area contributed by atoms with Crippen LogP contribution in [0.2, 0.25) is 10.0 Å². The van der Waals surface area contributed by atoms with Crippen molar-refractivity contribution in [1.29, 1.82) is 0 Å². The second kappa shape index (κ2) is 8.17. The minimum atomic E-state index is -4.45. The summed E-state index contributed by atoms with van der Waals surface area (Å²) < 4.78 is 41.6. The average molecular weight is 525 g/mol. The van der Waals surface area contributed by atoms with E-state index < -0.39 is 17.7 Å². The zero-order valence-electron chi connectivity index (χ0n) is 18.8. The summed E-state index contributed by atoms with van der Waals surface area (Å²) in [5, 5.41) is 10.4. The van der Waals surface area contributed by atoms with Crippen molar-refractivity contribution in [3.63, 3.8) is 0 Å². The van der Waals surface area contributed by atoms with E-state index in [0.29, 0.717) is 40.1 Å². The summed E-state index contributed by atoms with van der Waals surface area (Å²) in [6.07, 6.45) is -2.47. The Morgan fingerprint density at radius 1 is 1.14 bits per heavy atom. The van der Waals surface area contributed by atoms with Gasteiger partial charge in [-0.25, -0.2) is 0 Å². The molecule has 2 aromatic carbocycles. The van der Waals surface area contributed by atoms with Crippen molar-refractivity contribution in [2.75, 3.05) is 13.1 Å². The lowest BCUT2D eigenvalue weighted by molar-refractivity contribution is -0.139. The fourth-order valence-electron chi connectivity index (χ4n) is 5.47. The summed E-state index contributed by atoms with van der Waals surface area (Å²) in [6, 6.07) is 5.39. The van der Waals surface area contributed by atoms with Crippen LogP contribution in [-0.4, -0.2) is 39.5 Å². The van der Waals surface area contributed by atoms with E-state index in [9.17, 15) is 27.9 Å². The Morgan fingerprint density at radius 2 is 1.80 bits per heavy atom. The standard InChI is InChI=1S/C25H21Cl2F3N2O3/c1-11-5-13(25(28,29)30)7-19-20(11)12(8-31(19)2)6-15-18(26)4-3-14(22(15)27)23(33)32-9-16-17(10-32)21(16)24(34)35/h3-5,7-8,16-17,21H,6,9-10H2,1-2H3,(H,34,35)/t16-,17?,21?/m0/s1. The molecule has 2 unspecified atom stereocenters. The lowest BCUT2D eigenvalue weighted by Gasteiger charge is -2.21. The molecule has 5 nitrogen and oxygen atoms in total. The molecule has 3 atom stereocenters. The van der Waals surface area contributed by atoms with Crippen LogP contribution in [0.4, 0.5) is 13.2 Å². The Bertz CT molecular complexity index is 1390. The summed E-state index contributed by atoms with van der Waals surface area (Å²) in [4.78, 5) is 26.0. The highest BCUT2D eigenvalue weighted by molar-refractivity contribution is 6.38. The molecule has 0 bridgehead atoms. The molecule has 1 N–H and O–H groups in total. The average Bonchev–Trinajstić information content (AvgIpc) is 3.11. The lowest BCUT2D eigenvalue weighted by atomic mass is 9.98. The molecule has 35 heavy (non-hydrogen) atoms. The third-order valence-electron chi connectivity index (χ3n) is 7.24. The second-order valence-corrected chi connectivity index (χ2v) is 10.2. The van der Waals surface area contributed by atoms with Crippen molar-refractivity contribution >= 4 is 46.0 Å². The predicted molar refractivity (Wildman–Crippen MR) is 126 cm³/mol. The number of carbonyl (C=O) groups is 2. The first-order valence-electron chi connectivity index (χ1n) is 11.0. The lowest BCUT2D eigenvalue weighted by Crippen LogP contribution is -2.32. The Hall–Kier alpha value is -2.71. The van der Waals surface area contributed by atoms with Crippen LogP contribution < -0.4 is 0 Å². The first-order valence-corrected chi connectivity index (χ1v) is 11.8. The number of amides is 1.